The van der Waals surface area contributed by atoms with Crippen molar-refractivity contribution >= 4 is 15.9 Å². The molecule has 0 spiro atoms. The van der Waals surface area contributed by atoms with Crippen molar-refractivity contribution in [2.24, 2.45) is 0 Å². The molecule has 0 saturated heterocycles. The van der Waals surface area contributed by atoms with Gasteiger partial charge in [-0.3, -0.25) is 0 Å². The molecule has 1 aliphatic heterocycles. The smallest absolute Gasteiger partial charge is 0.361 e. The minimum absolute atomic E-state index is 0.320. The molecule has 0 unspecified atom stereocenters. The maximum atomic E-state index is 12.0. The summed E-state index contributed by atoms with van der Waals surface area (Å²) in [5.74, 6) is 0. The summed E-state index contributed by atoms with van der Waals surface area (Å²) in [4.78, 5) is 1.28. The van der Waals surface area contributed by atoms with Crippen molar-refractivity contribution in [2.75, 3.05) is 13.1 Å². The van der Waals surface area contributed by atoms with Gasteiger partial charge in [-0.15, -0.1) is 0 Å². The maximum absolute atomic E-state index is 12.0. The molecular weight excluding hydrogens is 247 g/mol. The van der Waals surface area contributed by atoms with Gasteiger partial charge in [0.1, 0.15) is 6.54 Å². The molecule has 13 heavy (non-hydrogen) atoms. The summed E-state index contributed by atoms with van der Waals surface area (Å²) >= 11 is 3.19. The van der Waals surface area contributed by atoms with E-state index in [-0.39, 0.29) is 0 Å². The van der Waals surface area contributed by atoms with Crippen LogP contribution in [0, 0.1) is 0 Å². The van der Waals surface area contributed by atoms with Crippen LogP contribution in [0.15, 0.2) is 22.3 Å². The van der Waals surface area contributed by atoms with Gasteiger partial charge in [-0.05, 0) is 28.9 Å². The molecule has 0 aromatic carbocycles. The Balaban J connectivity index is 2.69. The molecular formula is C8H9BrF3N. The van der Waals surface area contributed by atoms with Crippen molar-refractivity contribution in [3.05, 3.63) is 22.3 Å². The first-order valence-electron chi connectivity index (χ1n) is 3.75. The average Bonchev–Trinajstić information content (AvgIpc) is 1.96. The lowest BCUT2D eigenvalue weighted by Gasteiger charge is -2.28. The zero-order valence-corrected chi connectivity index (χ0v) is 8.61. The Labute approximate surface area is 83.0 Å². The fourth-order valence-electron chi connectivity index (χ4n) is 1.09. The standard InChI is InChI=1S/C8H9BrF3N/c1-6-7(9)3-2-4-13(6)5-8(10,11)12/h2-3H,4-5H2,1H3. The van der Waals surface area contributed by atoms with Crippen LogP contribution in [0.1, 0.15) is 6.92 Å². The minimum Gasteiger partial charge on any atom is -0.361 e. The van der Waals surface area contributed by atoms with Crippen LogP contribution in [0.5, 0.6) is 0 Å². The quantitative estimate of drug-likeness (QED) is 0.697. The summed E-state index contributed by atoms with van der Waals surface area (Å²) in [5.41, 5.74) is 0.625. The summed E-state index contributed by atoms with van der Waals surface area (Å²) in [5, 5.41) is 0. The Morgan fingerprint density at radius 1 is 1.54 bits per heavy atom. The highest BCUT2D eigenvalue weighted by molar-refractivity contribution is 9.11. The Bertz CT molecular complexity index is 255. The predicted octanol–water partition coefficient (Wildman–Crippen LogP) is 3.05. The van der Waals surface area contributed by atoms with Gasteiger partial charge in [-0.1, -0.05) is 6.08 Å². The third kappa shape index (κ3) is 3.06. The van der Waals surface area contributed by atoms with Gasteiger partial charge in [0.25, 0.3) is 0 Å². The van der Waals surface area contributed by atoms with Crippen molar-refractivity contribution in [1.29, 1.82) is 0 Å². The van der Waals surface area contributed by atoms with E-state index in [1.165, 1.54) is 4.90 Å². The lowest BCUT2D eigenvalue weighted by molar-refractivity contribution is -0.141. The van der Waals surface area contributed by atoms with E-state index < -0.39 is 12.7 Å². The SMILES string of the molecule is CC1=C(Br)C=CCN1CC(F)(F)F. The van der Waals surface area contributed by atoms with E-state index in [0.29, 0.717) is 16.7 Å². The molecule has 74 valence electrons. The van der Waals surface area contributed by atoms with Crippen molar-refractivity contribution in [3.63, 3.8) is 0 Å². The van der Waals surface area contributed by atoms with Crippen LogP contribution in [0.25, 0.3) is 0 Å². The number of alkyl halides is 3. The molecule has 0 aromatic heterocycles. The van der Waals surface area contributed by atoms with Crippen molar-refractivity contribution in [1.82, 2.24) is 4.90 Å². The first-order valence-corrected chi connectivity index (χ1v) is 4.54. The molecule has 0 radical (unpaired) electrons. The average molecular weight is 256 g/mol. The van der Waals surface area contributed by atoms with E-state index in [0.717, 1.165) is 0 Å². The van der Waals surface area contributed by atoms with Gasteiger partial charge in [-0.2, -0.15) is 13.2 Å². The normalized spacial score (nSPS) is 18.4. The van der Waals surface area contributed by atoms with E-state index in [2.05, 4.69) is 15.9 Å². The molecule has 0 aliphatic carbocycles. The van der Waals surface area contributed by atoms with Crippen LogP contribution in [0.4, 0.5) is 13.2 Å². The highest BCUT2D eigenvalue weighted by Crippen LogP contribution is 2.25. The van der Waals surface area contributed by atoms with Crippen molar-refractivity contribution in [3.8, 4) is 0 Å². The lowest BCUT2D eigenvalue weighted by atomic mass is 10.2. The summed E-state index contributed by atoms with van der Waals surface area (Å²) in [6.07, 6.45) is -0.676. The van der Waals surface area contributed by atoms with Crippen molar-refractivity contribution in [2.45, 2.75) is 13.1 Å². The molecule has 1 heterocycles. The largest absolute Gasteiger partial charge is 0.405 e. The molecule has 0 aromatic rings. The maximum Gasteiger partial charge on any atom is 0.405 e. The number of halogens is 4. The summed E-state index contributed by atoms with van der Waals surface area (Å²) in [6.45, 7) is 1.10. The molecule has 1 rings (SSSR count). The summed E-state index contributed by atoms with van der Waals surface area (Å²) < 4.78 is 36.8. The van der Waals surface area contributed by atoms with Gasteiger partial charge in [0.2, 0.25) is 0 Å². The molecule has 0 N–H and O–H groups in total. The predicted molar refractivity (Wildman–Crippen MR) is 48.4 cm³/mol. The number of hydrogen-bond acceptors (Lipinski definition) is 1. The second-order valence-corrected chi connectivity index (χ2v) is 3.69. The molecule has 0 atom stereocenters. The summed E-state index contributed by atoms with van der Waals surface area (Å²) in [7, 11) is 0. The van der Waals surface area contributed by atoms with Gasteiger partial charge in [-0.25, -0.2) is 0 Å². The second-order valence-electron chi connectivity index (χ2n) is 2.83. The molecule has 1 aliphatic rings. The van der Waals surface area contributed by atoms with E-state index in [9.17, 15) is 13.2 Å². The van der Waals surface area contributed by atoms with Gasteiger partial charge < -0.3 is 4.90 Å². The number of hydrogen-bond donors (Lipinski definition) is 0. The van der Waals surface area contributed by atoms with Gasteiger partial charge in [0.05, 0.1) is 0 Å². The monoisotopic (exact) mass is 255 g/mol. The van der Waals surface area contributed by atoms with Crippen LogP contribution in [0.3, 0.4) is 0 Å². The first kappa shape index (κ1) is 10.6. The highest BCUT2D eigenvalue weighted by atomic mass is 79.9. The Morgan fingerprint density at radius 2 is 2.15 bits per heavy atom. The zero-order valence-electron chi connectivity index (χ0n) is 7.03. The van der Waals surface area contributed by atoms with E-state index in [1.807, 2.05) is 0 Å². The molecule has 0 saturated carbocycles. The fraction of sp³-hybridized carbons (Fsp3) is 0.500. The third-order valence-corrected chi connectivity index (χ3v) is 2.62. The lowest BCUT2D eigenvalue weighted by Crippen LogP contribution is -2.34. The Kier molecular flexibility index (Phi) is 3.05. The van der Waals surface area contributed by atoms with Crippen LogP contribution in [-0.4, -0.2) is 24.2 Å². The molecule has 5 heteroatoms. The Hall–Kier alpha value is -0.450. The zero-order chi connectivity index (χ0) is 10.1. The molecule has 0 fully saturated rings. The van der Waals surface area contributed by atoms with Gasteiger partial charge >= 0.3 is 6.18 Å². The number of allylic oxidation sites excluding steroid dienone is 3. The fourth-order valence-corrected chi connectivity index (χ4v) is 1.53. The Morgan fingerprint density at radius 3 is 2.69 bits per heavy atom. The van der Waals surface area contributed by atoms with Crippen LogP contribution < -0.4 is 0 Å². The van der Waals surface area contributed by atoms with Crippen molar-refractivity contribution < 1.29 is 13.2 Å². The number of rotatable bonds is 1. The first-order chi connectivity index (χ1) is 5.90. The second kappa shape index (κ2) is 3.74. The minimum atomic E-state index is -4.14. The van der Waals surface area contributed by atoms with E-state index >= 15 is 0 Å². The molecule has 0 amide bonds. The topological polar surface area (TPSA) is 3.24 Å². The summed E-state index contributed by atoms with van der Waals surface area (Å²) in [6, 6.07) is 0. The van der Waals surface area contributed by atoms with Crippen LogP contribution in [-0.2, 0) is 0 Å². The van der Waals surface area contributed by atoms with Gasteiger partial charge in [0, 0.05) is 16.7 Å². The molecule has 0 bridgehead atoms. The van der Waals surface area contributed by atoms with Crippen LogP contribution >= 0.6 is 15.9 Å². The third-order valence-electron chi connectivity index (χ3n) is 1.78. The van der Waals surface area contributed by atoms with Crippen LogP contribution in [0.2, 0.25) is 0 Å². The van der Waals surface area contributed by atoms with E-state index in [1.54, 1.807) is 19.1 Å². The van der Waals surface area contributed by atoms with Gasteiger partial charge in [0.15, 0.2) is 0 Å². The highest BCUT2D eigenvalue weighted by Gasteiger charge is 2.31. The number of nitrogens with zero attached hydrogens (tertiary/aromatic N) is 1. The van der Waals surface area contributed by atoms with E-state index in [4.69, 9.17) is 0 Å². The molecule has 1 nitrogen and oxygen atoms in total.